The average molecular weight is 411 g/mol. The Morgan fingerprint density at radius 1 is 1.33 bits per heavy atom. The van der Waals surface area contributed by atoms with Gasteiger partial charge in [-0.25, -0.2) is 0 Å². The van der Waals surface area contributed by atoms with Crippen molar-refractivity contribution in [2.45, 2.75) is 69.6 Å². The number of carbonyl (C=O) groups is 2. The molecule has 160 valence electrons. The van der Waals surface area contributed by atoms with Crippen molar-refractivity contribution in [2.24, 2.45) is 11.8 Å². The lowest BCUT2D eigenvalue weighted by Crippen LogP contribution is -2.60. The molecule has 7 heteroatoms. The normalized spacial score (nSPS) is 30.6. The molecule has 0 bridgehead atoms. The van der Waals surface area contributed by atoms with E-state index in [2.05, 4.69) is 10.6 Å². The van der Waals surface area contributed by atoms with E-state index in [0.29, 0.717) is 13.0 Å². The van der Waals surface area contributed by atoms with Crippen LogP contribution >= 0.6 is 0 Å². The second kappa shape index (κ2) is 6.72. The lowest BCUT2D eigenvalue weighted by molar-refractivity contribution is -0.131. The maximum absolute atomic E-state index is 13.0. The summed E-state index contributed by atoms with van der Waals surface area (Å²) >= 11 is 0. The summed E-state index contributed by atoms with van der Waals surface area (Å²) < 4.78 is 6.28. The highest BCUT2D eigenvalue weighted by molar-refractivity contribution is 5.99. The van der Waals surface area contributed by atoms with Crippen molar-refractivity contribution in [3.63, 3.8) is 0 Å². The third-order valence-corrected chi connectivity index (χ3v) is 7.08. The highest BCUT2D eigenvalue weighted by atomic mass is 16.5. The van der Waals surface area contributed by atoms with Gasteiger partial charge < -0.3 is 15.4 Å². The van der Waals surface area contributed by atoms with Crippen LogP contribution in [0.1, 0.15) is 64.0 Å². The van der Waals surface area contributed by atoms with Gasteiger partial charge in [0.2, 0.25) is 11.8 Å². The SMILES string of the molecule is CC1(C)CC(=O)N(C[C@@H]2C[C@H]2C(=O)NC2CC3(CCC3)Oc3ccccc32)C(=N)N1. The molecule has 3 atom stereocenters. The van der Waals surface area contributed by atoms with Crippen LogP contribution < -0.4 is 15.4 Å². The molecule has 2 aliphatic heterocycles. The van der Waals surface area contributed by atoms with E-state index in [1.54, 1.807) is 0 Å². The Balaban J connectivity index is 1.22. The summed E-state index contributed by atoms with van der Waals surface area (Å²) in [7, 11) is 0. The van der Waals surface area contributed by atoms with Crippen molar-refractivity contribution in [3.05, 3.63) is 29.8 Å². The van der Waals surface area contributed by atoms with Gasteiger partial charge in [0.25, 0.3) is 0 Å². The van der Waals surface area contributed by atoms with E-state index >= 15 is 0 Å². The number of nitrogens with one attached hydrogen (secondary N) is 3. The fourth-order valence-corrected chi connectivity index (χ4v) is 5.13. The van der Waals surface area contributed by atoms with E-state index in [1.807, 2.05) is 38.1 Å². The highest BCUT2D eigenvalue weighted by Crippen LogP contribution is 2.49. The Bertz CT molecular complexity index is 887. The molecule has 5 rings (SSSR count). The molecule has 30 heavy (non-hydrogen) atoms. The van der Waals surface area contributed by atoms with Crippen LogP contribution in [0.4, 0.5) is 0 Å². The van der Waals surface area contributed by atoms with Gasteiger partial charge in [-0.05, 0) is 51.5 Å². The summed E-state index contributed by atoms with van der Waals surface area (Å²) in [5.74, 6) is 1.08. The summed E-state index contributed by atoms with van der Waals surface area (Å²) in [6, 6.07) is 7.97. The number of carbonyl (C=O) groups excluding carboxylic acids is 2. The van der Waals surface area contributed by atoms with Gasteiger partial charge in [0.05, 0.1) is 6.04 Å². The molecule has 1 aromatic rings. The molecule has 2 amide bonds. The number of ether oxygens (including phenoxy) is 1. The quantitative estimate of drug-likeness (QED) is 0.711. The van der Waals surface area contributed by atoms with Crippen LogP contribution in [0.2, 0.25) is 0 Å². The molecule has 4 aliphatic rings. The number of guanidine groups is 1. The van der Waals surface area contributed by atoms with E-state index in [-0.39, 0.29) is 46.8 Å². The average Bonchev–Trinajstić information content (AvgIpc) is 3.42. The first-order valence-electron chi connectivity index (χ1n) is 11.0. The fraction of sp³-hybridized carbons (Fsp3) is 0.609. The summed E-state index contributed by atoms with van der Waals surface area (Å²) in [6.45, 7) is 4.28. The first-order valence-corrected chi connectivity index (χ1v) is 11.0. The minimum atomic E-state index is -0.390. The fourth-order valence-electron chi connectivity index (χ4n) is 5.13. The molecule has 1 saturated heterocycles. The van der Waals surface area contributed by atoms with Gasteiger partial charge in [-0.2, -0.15) is 0 Å². The number of para-hydroxylation sites is 1. The molecule has 0 aromatic heterocycles. The molecule has 3 N–H and O–H groups in total. The second-order valence-electron chi connectivity index (χ2n) is 10.1. The summed E-state index contributed by atoms with van der Waals surface area (Å²) in [4.78, 5) is 26.9. The van der Waals surface area contributed by atoms with Gasteiger partial charge in [0, 0.05) is 36.4 Å². The molecule has 0 radical (unpaired) electrons. The number of nitrogens with zero attached hydrogens (tertiary/aromatic N) is 1. The molecule has 2 aliphatic carbocycles. The van der Waals surface area contributed by atoms with E-state index < -0.39 is 0 Å². The first-order chi connectivity index (χ1) is 14.3. The maximum Gasteiger partial charge on any atom is 0.231 e. The van der Waals surface area contributed by atoms with Crippen LogP contribution in [0.5, 0.6) is 5.75 Å². The van der Waals surface area contributed by atoms with Crippen LogP contribution in [0.25, 0.3) is 0 Å². The van der Waals surface area contributed by atoms with E-state index in [0.717, 1.165) is 37.0 Å². The molecule has 2 heterocycles. The van der Waals surface area contributed by atoms with E-state index in [9.17, 15) is 9.59 Å². The van der Waals surface area contributed by atoms with Gasteiger partial charge in [0.15, 0.2) is 5.96 Å². The topological polar surface area (TPSA) is 94.5 Å². The van der Waals surface area contributed by atoms with Gasteiger partial charge in [-0.15, -0.1) is 0 Å². The van der Waals surface area contributed by atoms with E-state index in [4.69, 9.17) is 10.1 Å². The van der Waals surface area contributed by atoms with Crippen molar-refractivity contribution in [1.29, 1.82) is 5.41 Å². The number of hydrogen-bond donors (Lipinski definition) is 3. The lowest BCUT2D eigenvalue weighted by atomic mass is 9.73. The zero-order chi connectivity index (χ0) is 21.1. The molecule has 1 spiro atoms. The van der Waals surface area contributed by atoms with Crippen LogP contribution in [0.3, 0.4) is 0 Å². The molecular weight excluding hydrogens is 380 g/mol. The number of benzene rings is 1. The van der Waals surface area contributed by atoms with Crippen molar-refractivity contribution < 1.29 is 14.3 Å². The Morgan fingerprint density at radius 2 is 2.10 bits per heavy atom. The minimum Gasteiger partial charge on any atom is -0.487 e. The van der Waals surface area contributed by atoms with Gasteiger partial charge >= 0.3 is 0 Å². The Morgan fingerprint density at radius 3 is 2.80 bits per heavy atom. The molecule has 2 saturated carbocycles. The highest BCUT2D eigenvalue weighted by Gasteiger charge is 2.49. The van der Waals surface area contributed by atoms with Gasteiger partial charge in [-0.3, -0.25) is 19.9 Å². The second-order valence-corrected chi connectivity index (χ2v) is 10.1. The molecule has 1 aromatic carbocycles. The summed E-state index contributed by atoms with van der Waals surface area (Å²) in [5, 5.41) is 14.5. The van der Waals surface area contributed by atoms with Crippen LogP contribution in [0.15, 0.2) is 24.3 Å². The lowest BCUT2D eigenvalue weighted by Gasteiger charge is -2.48. The summed E-state index contributed by atoms with van der Waals surface area (Å²) in [5.41, 5.74) is 0.544. The molecule has 1 unspecified atom stereocenters. The molecule has 3 fully saturated rings. The first kappa shape index (κ1) is 19.4. The number of hydrogen-bond acceptors (Lipinski definition) is 4. The zero-order valence-corrected chi connectivity index (χ0v) is 17.7. The third-order valence-electron chi connectivity index (χ3n) is 7.08. The minimum absolute atomic E-state index is 0.0265. The number of fused-ring (bicyclic) bond motifs is 1. The molecule has 7 nitrogen and oxygen atoms in total. The van der Waals surface area contributed by atoms with Crippen molar-refractivity contribution >= 4 is 17.8 Å². The smallest absolute Gasteiger partial charge is 0.231 e. The predicted octanol–water partition coefficient (Wildman–Crippen LogP) is 2.72. The monoisotopic (exact) mass is 410 g/mol. The number of rotatable bonds is 4. The largest absolute Gasteiger partial charge is 0.487 e. The maximum atomic E-state index is 13.0. The van der Waals surface area contributed by atoms with Crippen molar-refractivity contribution in [2.75, 3.05) is 6.54 Å². The van der Waals surface area contributed by atoms with Crippen molar-refractivity contribution in [1.82, 2.24) is 15.5 Å². The Hall–Kier alpha value is -2.57. The third kappa shape index (κ3) is 3.44. The molecular formula is C23H30N4O3. The summed E-state index contributed by atoms with van der Waals surface area (Å²) in [6.07, 6.45) is 5.21. The van der Waals surface area contributed by atoms with Crippen molar-refractivity contribution in [3.8, 4) is 5.75 Å². The Labute approximate surface area is 177 Å². The standard InChI is InChI=1S/C23H30N4O3/c1-22(2)12-19(28)27(21(24)26-22)13-14-10-16(14)20(29)25-17-11-23(8-5-9-23)30-18-7-4-3-6-15(17)18/h3-4,6-7,14,16-17H,5,8-13H2,1-2H3,(H2,24,26)(H,25,29)/t14-,16+,17?/m0/s1. The van der Waals surface area contributed by atoms with Crippen LogP contribution in [-0.4, -0.2) is 40.4 Å². The van der Waals surface area contributed by atoms with E-state index in [1.165, 1.54) is 11.3 Å². The number of amides is 2. The Kier molecular flexibility index (Phi) is 4.35. The van der Waals surface area contributed by atoms with Gasteiger partial charge in [0.1, 0.15) is 11.4 Å². The van der Waals surface area contributed by atoms with Crippen LogP contribution in [-0.2, 0) is 9.59 Å². The predicted molar refractivity (Wildman–Crippen MR) is 112 cm³/mol. The zero-order valence-electron chi connectivity index (χ0n) is 17.7. The van der Waals surface area contributed by atoms with Crippen LogP contribution in [0, 0.1) is 17.2 Å². The van der Waals surface area contributed by atoms with Gasteiger partial charge in [-0.1, -0.05) is 18.2 Å².